The summed E-state index contributed by atoms with van der Waals surface area (Å²) in [6.07, 6.45) is 4.63. The SMILES string of the molecule is COc1cc2ccc1CNC(=O)C1(CCN(Cc3cccnc3)CC1)Oc1ccc(cc1)OCCNC(=O)c1ccc(OC)c(c1)O2. The summed E-state index contributed by atoms with van der Waals surface area (Å²) < 4.78 is 29.7. The lowest BCUT2D eigenvalue weighted by Gasteiger charge is -2.40. The first-order chi connectivity index (χ1) is 22.9. The Labute approximate surface area is 273 Å². The molecule has 5 aliphatic heterocycles. The van der Waals surface area contributed by atoms with E-state index < -0.39 is 5.60 Å². The van der Waals surface area contributed by atoms with Gasteiger partial charge in [-0.15, -0.1) is 0 Å². The van der Waals surface area contributed by atoms with Gasteiger partial charge in [-0.1, -0.05) is 6.07 Å². The minimum absolute atomic E-state index is 0.194. The minimum Gasteiger partial charge on any atom is -0.496 e. The summed E-state index contributed by atoms with van der Waals surface area (Å²) in [6.45, 7) is 2.87. The van der Waals surface area contributed by atoms with Crippen LogP contribution < -0.4 is 34.3 Å². The molecule has 1 aromatic heterocycles. The summed E-state index contributed by atoms with van der Waals surface area (Å²) in [4.78, 5) is 33.5. The fourth-order valence-electron chi connectivity index (χ4n) is 5.76. The highest BCUT2D eigenvalue weighted by molar-refractivity contribution is 5.95. The van der Waals surface area contributed by atoms with E-state index in [2.05, 4.69) is 26.6 Å². The van der Waals surface area contributed by atoms with Crippen LogP contribution in [0, 0.1) is 0 Å². The molecule has 0 atom stereocenters. The van der Waals surface area contributed by atoms with Crippen LogP contribution in [0.4, 0.5) is 0 Å². The first-order valence-corrected chi connectivity index (χ1v) is 15.6. The topological polar surface area (TPSA) is 120 Å². The number of nitrogens with zero attached hydrogens (tertiary/aromatic N) is 2. The number of nitrogens with one attached hydrogen (secondary N) is 2. The van der Waals surface area contributed by atoms with Gasteiger partial charge in [0.05, 0.1) is 20.8 Å². The Kier molecular flexibility index (Phi) is 9.72. The zero-order chi connectivity index (χ0) is 32.6. The van der Waals surface area contributed by atoms with Crippen LogP contribution in [0.5, 0.6) is 34.5 Å². The fourth-order valence-corrected chi connectivity index (χ4v) is 5.76. The molecule has 0 radical (unpaired) electrons. The molecule has 6 bridgehead atoms. The van der Waals surface area contributed by atoms with Gasteiger partial charge in [-0.2, -0.15) is 0 Å². The number of carbonyl (C=O) groups is 2. The molecule has 11 nitrogen and oxygen atoms in total. The molecule has 0 aliphatic carbocycles. The van der Waals surface area contributed by atoms with E-state index in [-0.39, 0.29) is 31.5 Å². The number of likely N-dealkylation sites (tertiary alicyclic amines) is 1. The van der Waals surface area contributed by atoms with Crippen molar-refractivity contribution in [3.05, 3.63) is 102 Å². The van der Waals surface area contributed by atoms with Gasteiger partial charge in [0.2, 0.25) is 0 Å². The molecule has 244 valence electrons. The van der Waals surface area contributed by atoms with Crippen molar-refractivity contribution < 1.29 is 33.3 Å². The zero-order valence-corrected chi connectivity index (χ0v) is 26.5. The third-order valence-electron chi connectivity index (χ3n) is 8.35. The Morgan fingerprint density at radius 2 is 1.64 bits per heavy atom. The molecule has 11 heteroatoms. The number of methoxy groups -OCH3 is 2. The van der Waals surface area contributed by atoms with E-state index in [0.717, 1.165) is 17.7 Å². The molecule has 4 aromatic rings. The number of amides is 2. The Morgan fingerprint density at radius 3 is 2.38 bits per heavy atom. The monoisotopic (exact) mass is 638 g/mol. The first-order valence-electron chi connectivity index (χ1n) is 15.6. The molecule has 0 unspecified atom stereocenters. The summed E-state index contributed by atoms with van der Waals surface area (Å²) in [5, 5.41) is 5.99. The number of benzene rings is 3. The maximum atomic E-state index is 14.0. The standard InChI is InChI=1S/C36H38N4O7/c1-43-31-12-6-26-20-33(31)46-30-7-5-27(32(21-30)44-2)23-39-35(42)36(13-17-40(18-14-36)24-25-4-3-15-37-22-25)47-29-10-8-28(9-11-29)45-19-16-38-34(26)41/h3-12,15,20-22H,13-14,16-19,23-24H2,1-2H3,(H,38,41)(H,39,42). The predicted molar refractivity (Wildman–Crippen MR) is 174 cm³/mol. The van der Waals surface area contributed by atoms with Crippen LogP contribution in [-0.4, -0.2) is 67.8 Å². The second kappa shape index (κ2) is 14.4. The van der Waals surface area contributed by atoms with E-state index in [1.807, 2.05) is 18.3 Å². The Balaban J connectivity index is 1.27. The minimum atomic E-state index is -1.08. The normalized spacial score (nSPS) is 16.8. The predicted octanol–water partition coefficient (Wildman–Crippen LogP) is 4.74. The number of hydrogen-bond acceptors (Lipinski definition) is 9. The third kappa shape index (κ3) is 7.58. The maximum absolute atomic E-state index is 14.0. The molecule has 0 saturated carbocycles. The van der Waals surface area contributed by atoms with Crippen molar-refractivity contribution in [2.24, 2.45) is 0 Å². The van der Waals surface area contributed by atoms with E-state index in [4.69, 9.17) is 23.7 Å². The Hall–Kier alpha value is -5.29. The van der Waals surface area contributed by atoms with Crippen molar-refractivity contribution in [1.82, 2.24) is 20.5 Å². The Morgan fingerprint density at radius 1 is 0.872 bits per heavy atom. The molecule has 2 N–H and O–H groups in total. The fraction of sp³-hybridized carbons (Fsp3) is 0.306. The van der Waals surface area contributed by atoms with Crippen molar-refractivity contribution in [1.29, 1.82) is 0 Å². The number of rotatable bonds is 4. The van der Waals surface area contributed by atoms with Gasteiger partial charge < -0.3 is 34.3 Å². The van der Waals surface area contributed by atoms with Crippen molar-refractivity contribution >= 4 is 11.8 Å². The smallest absolute Gasteiger partial charge is 0.264 e. The van der Waals surface area contributed by atoms with E-state index >= 15 is 0 Å². The van der Waals surface area contributed by atoms with Gasteiger partial charge in [-0.3, -0.25) is 19.5 Å². The molecule has 6 heterocycles. The van der Waals surface area contributed by atoms with Gasteiger partial charge in [0.25, 0.3) is 11.8 Å². The lowest BCUT2D eigenvalue weighted by Crippen LogP contribution is -2.57. The van der Waals surface area contributed by atoms with Crippen LogP contribution in [0.15, 0.2) is 85.2 Å². The second-order valence-corrected chi connectivity index (χ2v) is 11.4. The lowest BCUT2D eigenvalue weighted by molar-refractivity contribution is -0.141. The van der Waals surface area contributed by atoms with Crippen LogP contribution in [0.3, 0.4) is 0 Å². The zero-order valence-electron chi connectivity index (χ0n) is 26.5. The van der Waals surface area contributed by atoms with Gasteiger partial charge in [-0.25, -0.2) is 0 Å². The third-order valence-corrected chi connectivity index (χ3v) is 8.35. The lowest BCUT2D eigenvalue weighted by atomic mass is 9.89. The number of hydrogen-bond donors (Lipinski definition) is 2. The van der Waals surface area contributed by atoms with Gasteiger partial charge in [-0.05, 0) is 66.2 Å². The molecular formula is C36H38N4O7. The number of aromatic nitrogens is 1. The quantitative estimate of drug-likeness (QED) is 0.327. The van der Waals surface area contributed by atoms with Crippen LogP contribution in [0.2, 0.25) is 0 Å². The maximum Gasteiger partial charge on any atom is 0.264 e. The van der Waals surface area contributed by atoms with Gasteiger partial charge in [0.15, 0.2) is 17.1 Å². The summed E-state index contributed by atoms with van der Waals surface area (Å²) in [5.74, 6) is 2.58. The Bertz CT molecular complexity index is 1690. The number of pyridine rings is 1. The van der Waals surface area contributed by atoms with Crippen LogP contribution >= 0.6 is 0 Å². The van der Waals surface area contributed by atoms with E-state index in [1.54, 1.807) is 67.9 Å². The van der Waals surface area contributed by atoms with Gasteiger partial charge in [0, 0.05) is 68.6 Å². The summed E-state index contributed by atoms with van der Waals surface area (Å²) >= 11 is 0. The molecule has 1 fully saturated rings. The highest BCUT2D eigenvalue weighted by atomic mass is 16.5. The van der Waals surface area contributed by atoms with Crippen LogP contribution in [0.25, 0.3) is 0 Å². The van der Waals surface area contributed by atoms with E-state index in [0.29, 0.717) is 66.0 Å². The number of ether oxygens (including phenoxy) is 5. The molecule has 9 rings (SSSR count). The van der Waals surface area contributed by atoms with Crippen molar-refractivity contribution in [2.45, 2.75) is 31.5 Å². The summed E-state index contributed by atoms with van der Waals surface area (Å²) in [5.41, 5.74) is 1.22. The molecule has 1 spiro atoms. The summed E-state index contributed by atoms with van der Waals surface area (Å²) in [7, 11) is 3.10. The molecule has 1 saturated heterocycles. The van der Waals surface area contributed by atoms with E-state index in [9.17, 15) is 9.59 Å². The van der Waals surface area contributed by atoms with E-state index in [1.165, 1.54) is 7.11 Å². The largest absolute Gasteiger partial charge is 0.496 e. The van der Waals surface area contributed by atoms with Gasteiger partial charge >= 0.3 is 0 Å². The number of carbonyl (C=O) groups excluding carboxylic acids is 2. The van der Waals surface area contributed by atoms with Crippen molar-refractivity contribution in [3.63, 3.8) is 0 Å². The molecule has 47 heavy (non-hydrogen) atoms. The highest BCUT2D eigenvalue weighted by Gasteiger charge is 2.44. The highest BCUT2D eigenvalue weighted by Crippen LogP contribution is 2.36. The average Bonchev–Trinajstić information content (AvgIpc) is 3.11. The van der Waals surface area contributed by atoms with Crippen LogP contribution in [0.1, 0.15) is 34.3 Å². The van der Waals surface area contributed by atoms with Crippen LogP contribution in [-0.2, 0) is 17.9 Å². The second-order valence-electron chi connectivity index (χ2n) is 11.4. The van der Waals surface area contributed by atoms with Gasteiger partial charge in [0.1, 0.15) is 29.6 Å². The molecule has 5 aliphatic rings. The van der Waals surface area contributed by atoms with Crippen molar-refractivity contribution in [2.75, 3.05) is 40.5 Å². The van der Waals surface area contributed by atoms with Crippen molar-refractivity contribution in [3.8, 4) is 34.5 Å². The number of piperidine rings is 1. The summed E-state index contributed by atoms with van der Waals surface area (Å²) in [6, 6.07) is 21.5. The first kappa shape index (κ1) is 31.7. The molecule has 3 aromatic carbocycles. The molecule has 2 amide bonds. The average molecular weight is 639 g/mol. The molecular weight excluding hydrogens is 600 g/mol.